The van der Waals surface area contributed by atoms with Crippen LogP contribution in [0.5, 0.6) is 5.75 Å². The molecule has 0 fully saturated rings. The minimum absolute atomic E-state index is 0.592. The molecule has 0 amide bonds. The molecule has 0 saturated heterocycles. The van der Waals surface area contributed by atoms with Crippen LogP contribution < -0.4 is 10.6 Å². The lowest BCUT2D eigenvalue weighted by Crippen LogP contribution is -2.14. The highest BCUT2D eigenvalue weighted by Crippen LogP contribution is 2.20. The summed E-state index contributed by atoms with van der Waals surface area (Å²) in [6, 6.07) is 7.81. The Labute approximate surface area is 155 Å². The summed E-state index contributed by atoms with van der Waals surface area (Å²) in [6.45, 7) is 2.96. The van der Waals surface area contributed by atoms with E-state index in [1.54, 1.807) is 7.11 Å². The van der Waals surface area contributed by atoms with Gasteiger partial charge in [0.25, 0.3) is 0 Å². The van der Waals surface area contributed by atoms with Crippen molar-refractivity contribution in [1.82, 2.24) is 35.1 Å². The van der Waals surface area contributed by atoms with Crippen molar-refractivity contribution in [1.29, 1.82) is 0 Å². The number of hydrogen-bond donors (Lipinski definition) is 1. The van der Waals surface area contributed by atoms with E-state index in [2.05, 4.69) is 32.6 Å². The third-order valence-electron chi connectivity index (χ3n) is 3.92. The van der Waals surface area contributed by atoms with Gasteiger partial charge in [0.1, 0.15) is 5.75 Å². The van der Waals surface area contributed by atoms with Gasteiger partial charge in [0.05, 0.1) is 12.9 Å². The number of ether oxygens (including phenoxy) is 1. The van der Waals surface area contributed by atoms with Gasteiger partial charge >= 0.3 is 0 Å². The molecule has 1 aromatic carbocycles. The third kappa shape index (κ3) is 4.31. The van der Waals surface area contributed by atoms with E-state index in [1.807, 2.05) is 28.9 Å². The van der Waals surface area contributed by atoms with Crippen LogP contribution in [0.1, 0.15) is 37.0 Å². The summed E-state index contributed by atoms with van der Waals surface area (Å²) >= 11 is 1.47. The number of tetrazole rings is 1. The zero-order chi connectivity index (χ0) is 18.4. The quantitative estimate of drug-likeness (QED) is 0.445. The van der Waals surface area contributed by atoms with Gasteiger partial charge < -0.3 is 10.6 Å². The van der Waals surface area contributed by atoms with Crippen molar-refractivity contribution in [2.45, 2.75) is 43.6 Å². The SMILES string of the molecule is CCCCn1nnnc1CSc1nnc(Cc2ccc(OC)cc2)n1N. The largest absolute Gasteiger partial charge is 0.497 e. The highest BCUT2D eigenvalue weighted by molar-refractivity contribution is 7.98. The molecule has 0 saturated carbocycles. The molecule has 26 heavy (non-hydrogen) atoms. The van der Waals surface area contributed by atoms with Gasteiger partial charge in [-0.2, -0.15) is 0 Å². The number of rotatable bonds is 9. The highest BCUT2D eigenvalue weighted by atomic mass is 32.2. The first-order chi connectivity index (χ1) is 12.7. The van der Waals surface area contributed by atoms with E-state index >= 15 is 0 Å². The lowest BCUT2D eigenvalue weighted by atomic mass is 10.1. The average molecular weight is 374 g/mol. The number of unbranched alkanes of at least 4 members (excludes halogenated alkanes) is 1. The van der Waals surface area contributed by atoms with Crippen molar-refractivity contribution in [2.24, 2.45) is 0 Å². The van der Waals surface area contributed by atoms with E-state index < -0.39 is 0 Å². The van der Waals surface area contributed by atoms with E-state index in [9.17, 15) is 0 Å². The van der Waals surface area contributed by atoms with Crippen molar-refractivity contribution >= 4 is 11.8 Å². The van der Waals surface area contributed by atoms with Crippen LogP contribution in [0, 0.1) is 0 Å². The fraction of sp³-hybridized carbons (Fsp3) is 0.438. The van der Waals surface area contributed by atoms with Gasteiger partial charge in [-0.15, -0.1) is 15.3 Å². The number of nitrogen functional groups attached to an aromatic ring is 1. The molecule has 10 heteroatoms. The molecule has 9 nitrogen and oxygen atoms in total. The molecule has 0 aliphatic heterocycles. The summed E-state index contributed by atoms with van der Waals surface area (Å²) in [6.07, 6.45) is 2.74. The number of methoxy groups -OCH3 is 1. The summed E-state index contributed by atoms with van der Waals surface area (Å²) in [4.78, 5) is 0. The zero-order valence-corrected chi connectivity index (χ0v) is 15.7. The lowest BCUT2D eigenvalue weighted by molar-refractivity contribution is 0.414. The van der Waals surface area contributed by atoms with Crippen LogP contribution in [0.15, 0.2) is 29.4 Å². The molecular formula is C16H22N8OS. The molecule has 138 valence electrons. The minimum atomic E-state index is 0.592. The lowest BCUT2D eigenvalue weighted by Gasteiger charge is -2.05. The Morgan fingerprint density at radius 1 is 1.12 bits per heavy atom. The molecule has 3 aromatic rings. The Bertz CT molecular complexity index is 829. The third-order valence-corrected chi connectivity index (χ3v) is 4.86. The van der Waals surface area contributed by atoms with Gasteiger partial charge in [0.15, 0.2) is 11.6 Å². The van der Waals surface area contributed by atoms with E-state index in [4.69, 9.17) is 10.6 Å². The number of benzene rings is 1. The van der Waals surface area contributed by atoms with E-state index in [1.165, 1.54) is 16.4 Å². The summed E-state index contributed by atoms with van der Waals surface area (Å²) < 4.78 is 8.52. The molecule has 0 spiro atoms. The second-order valence-corrected chi connectivity index (χ2v) is 6.70. The Kier molecular flexibility index (Phi) is 6.05. The molecule has 0 radical (unpaired) electrons. The van der Waals surface area contributed by atoms with Crippen LogP contribution in [0.25, 0.3) is 0 Å². The second kappa shape index (κ2) is 8.65. The van der Waals surface area contributed by atoms with Crippen molar-refractivity contribution in [3.63, 3.8) is 0 Å². The highest BCUT2D eigenvalue weighted by Gasteiger charge is 2.13. The molecule has 2 heterocycles. The van der Waals surface area contributed by atoms with Crippen molar-refractivity contribution < 1.29 is 4.74 Å². The molecule has 0 atom stereocenters. The number of hydrogen-bond acceptors (Lipinski definition) is 8. The first kappa shape index (κ1) is 18.2. The summed E-state index contributed by atoms with van der Waals surface area (Å²) in [5.74, 6) is 9.07. The molecular weight excluding hydrogens is 352 g/mol. The maximum Gasteiger partial charge on any atom is 0.210 e. The molecule has 0 unspecified atom stereocenters. The topological polar surface area (TPSA) is 110 Å². The van der Waals surface area contributed by atoms with Crippen LogP contribution in [0.4, 0.5) is 0 Å². The van der Waals surface area contributed by atoms with Crippen LogP contribution in [0.2, 0.25) is 0 Å². The summed E-state index contributed by atoms with van der Waals surface area (Å²) in [5, 5.41) is 20.9. The average Bonchev–Trinajstić information content (AvgIpc) is 3.26. The summed E-state index contributed by atoms with van der Waals surface area (Å²) in [5.41, 5.74) is 1.09. The molecule has 3 rings (SSSR count). The number of nitrogens with two attached hydrogens (primary N) is 1. The van der Waals surface area contributed by atoms with Crippen molar-refractivity contribution in [3.05, 3.63) is 41.5 Å². The zero-order valence-electron chi connectivity index (χ0n) is 14.9. The normalized spacial score (nSPS) is 11.0. The molecule has 0 aliphatic carbocycles. The second-order valence-electron chi connectivity index (χ2n) is 5.75. The van der Waals surface area contributed by atoms with Gasteiger partial charge in [0, 0.05) is 13.0 Å². The number of aromatic nitrogens is 7. The number of nitrogens with zero attached hydrogens (tertiary/aromatic N) is 7. The van der Waals surface area contributed by atoms with Gasteiger partial charge in [-0.25, -0.2) is 9.36 Å². The smallest absolute Gasteiger partial charge is 0.210 e. The predicted molar refractivity (Wildman–Crippen MR) is 98.3 cm³/mol. The molecule has 0 bridgehead atoms. The van der Waals surface area contributed by atoms with E-state index in [-0.39, 0.29) is 0 Å². The molecule has 2 N–H and O–H groups in total. The van der Waals surface area contributed by atoms with Gasteiger partial charge in [-0.3, -0.25) is 0 Å². The fourth-order valence-corrected chi connectivity index (χ4v) is 3.20. The van der Waals surface area contributed by atoms with Crippen molar-refractivity contribution in [2.75, 3.05) is 13.0 Å². The predicted octanol–water partition coefficient (Wildman–Crippen LogP) is 1.67. The molecule has 2 aromatic heterocycles. The Morgan fingerprint density at radius 3 is 2.65 bits per heavy atom. The maximum absolute atomic E-state index is 6.15. The maximum atomic E-state index is 6.15. The Morgan fingerprint density at radius 2 is 1.92 bits per heavy atom. The minimum Gasteiger partial charge on any atom is -0.497 e. The van der Waals surface area contributed by atoms with Crippen LogP contribution in [-0.2, 0) is 18.7 Å². The van der Waals surface area contributed by atoms with Crippen molar-refractivity contribution in [3.8, 4) is 5.75 Å². The summed E-state index contributed by atoms with van der Waals surface area (Å²) in [7, 11) is 1.65. The first-order valence-corrected chi connectivity index (χ1v) is 9.40. The number of thioether (sulfide) groups is 1. The van der Waals surface area contributed by atoms with Crippen LogP contribution in [-0.4, -0.2) is 42.2 Å². The van der Waals surface area contributed by atoms with Gasteiger partial charge in [0.2, 0.25) is 5.16 Å². The standard InChI is InChI=1S/C16H22N8OS/c1-3-4-9-23-15(19-21-22-23)11-26-16-20-18-14(24(16)17)10-12-5-7-13(25-2)8-6-12/h5-8H,3-4,9-11,17H2,1-2H3. The van der Waals surface area contributed by atoms with Crippen LogP contribution >= 0.6 is 11.8 Å². The van der Waals surface area contributed by atoms with Gasteiger partial charge in [-0.05, 0) is 34.5 Å². The van der Waals surface area contributed by atoms with Crippen LogP contribution in [0.3, 0.4) is 0 Å². The monoisotopic (exact) mass is 374 g/mol. The first-order valence-electron chi connectivity index (χ1n) is 8.41. The fourth-order valence-electron chi connectivity index (χ4n) is 2.39. The Hall–Kier alpha value is -2.62. The van der Waals surface area contributed by atoms with Gasteiger partial charge in [-0.1, -0.05) is 37.2 Å². The number of aryl methyl sites for hydroxylation is 1. The van der Waals surface area contributed by atoms with E-state index in [0.29, 0.717) is 23.2 Å². The Balaban J connectivity index is 1.62. The van der Waals surface area contributed by atoms with E-state index in [0.717, 1.165) is 36.5 Å². The molecule has 0 aliphatic rings.